The van der Waals surface area contributed by atoms with Crippen molar-refractivity contribution in [1.29, 1.82) is 0 Å². The summed E-state index contributed by atoms with van der Waals surface area (Å²) in [4.78, 5) is 12.4. The van der Waals surface area contributed by atoms with Gasteiger partial charge in [0.15, 0.2) is 5.69 Å². The Bertz CT molecular complexity index is 522. The van der Waals surface area contributed by atoms with Gasteiger partial charge in [-0.15, -0.1) is 5.10 Å². The average Bonchev–Trinajstić information content (AvgIpc) is 2.82. The molecule has 0 unspecified atom stereocenters. The maximum Gasteiger partial charge on any atom is 0.271 e. The first-order valence-corrected chi connectivity index (χ1v) is 7.16. The molecule has 1 saturated carbocycles. The first-order valence-electron chi connectivity index (χ1n) is 7.16. The first-order chi connectivity index (χ1) is 10.3. The molecule has 0 bridgehead atoms. The predicted octanol–water partition coefficient (Wildman–Crippen LogP) is 2.40. The van der Waals surface area contributed by atoms with Gasteiger partial charge in [0.25, 0.3) is 5.91 Å². The number of carbonyl (C=O) groups is 1. The third kappa shape index (κ3) is 4.41. The highest BCUT2D eigenvalue weighted by atomic mass is 19.3. The van der Waals surface area contributed by atoms with Crippen molar-refractivity contribution in [2.45, 2.75) is 57.4 Å². The molecule has 22 heavy (non-hydrogen) atoms. The van der Waals surface area contributed by atoms with Gasteiger partial charge in [-0.05, 0) is 25.2 Å². The van der Waals surface area contributed by atoms with Crippen LogP contribution in [0.15, 0.2) is 0 Å². The van der Waals surface area contributed by atoms with E-state index in [2.05, 4.69) is 10.2 Å². The predicted molar refractivity (Wildman–Crippen MR) is 69.8 cm³/mol. The molecular formula is C13H18F4N4O. The minimum absolute atomic E-state index is 0.0297. The molecule has 1 aliphatic rings. The monoisotopic (exact) mass is 322 g/mol. The van der Waals surface area contributed by atoms with Gasteiger partial charge < -0.3 is 5.73 Å². The van der Waals surface area contributed by atoms with E-state index >= 15 is 0 Å². The number of alkyl halides is 4. The number of carbonyl (C=O) groups excluding carboxylic acids is 1. The highest BCUT2D eigenvalue weighted by Gasteiger charge is 2.35. The molecule has 5 nitrogen and oxygen atoms in total. The second-order valence-corrected chi connectivity index (χ2v) is 5.64. The lowest BCUT2D eigenvalue weighted by atomic mass is 9.84. The Morgan fingerprint density at radius 1 is 1.32 bits per heavy atom. The summed E-state index contributed by atoms with van der Waals surface area (Å²) in [5.74, 6) is -3.45. The minimum atomic E-state index is -2.63. The smallest absolute Gasteiger partial charge is 0.271 e. The zero-order valence-corrected chi connectivity index (χ0v) is 11.9. The zero-order chi connectivity index (χ0) is 16.3. The Morgan fingerprint density at radius 3 is 2.50 bits per heavy atom. The number of nitrogens with two attached hydrogens (primary N) is 1. The Balaban J connectivity index is 2.04. The van der Waals surface area contributed by atoms with Gasteiger partial charge in [-0.1, -0.05) is 0 Å². The second kappa shape index (κ2) is 6.62. The van der Waals surface area contributed by atoms with Crippen molar-refractivity contribution >= 4 is 5.91 Å². The van der Waals surface area contributed by atoms with Crippen LogP contribution in [0.5, 0.6) is 0 Å². The zero-order valence-electron chi connectivity index (χ0n) is 11.9. The standard InChI is InChI=1S/C13H18F4N4O/c14-10(15)3-6-21-19-9(11(20-21)12(18)22)7-8-1-4-13(16,17)5-2-8/h8,10H,1-7H2,(H2,18,22). The quantitative estimate of drug-likeness (QED) is 0.817. The second-order valence-electron chi connectivity index (χ2n) is 5.64. The van der Waals surface area contributed by atoms with E-state index in [1.165, 1.54) is 0 Å². The van der Waals surface area contributed by atoms with Gasteiger partial charge in [0.2, 0.25) is 12.3 Å². The molecule has 1 aromatic heterocycles. The van der Waals surface area contributed by atoms with E-state index in [1.54, 1.807) is 0 Å². The molecule has 124 valence electrons. The summed E-state index contributed by atoms with van der Waals surface area (Å²) in [6, 6.07) is 0. The molecule has 9 heteroatoms. The van der Waals surface area contributed by atoms with E-state index in [-0.39, 0.29) is 31.0 Å². The third-order valence-electron chi connectivity index (χ3n) is 3.82. The molecule has 1 aromatic rings. The summed E-state index contributed by atoms with van der Waals surface area (Å²) in [6.45, 7) is -0.124. The summed E-state index contributed by atoms with van der Waals surface area (Å²) < 4.78 is 50.7. The van der Waals surface area contributed by atoms with Gasteiger partial charge in [-0.25, -0.2) is 17.6 Å². The van der Waals surface area contributed by atoms with Crippen molar-refractivity contribution in [2.24, 2.45) is 11.7 Å². The summed E-state index contributed by atoms with van der Waals surface area (Å²) in [7, 11) is 0. The van der Waals surface area contributed by atoms with Gasteiger partial charge in [0, 0.05) is 19.3 Å². The molecule has 1 amide bonds. The Labute approximate surface area is 124 Å². The lowest BCUT2D eigenvalue weighted by Crippen LogP contribution is -2.26. The van der Waals surface area contributed by atoms with Crippen LogP contribution in [0.4, 0.5) is 17.6 Å². The van der Waals surface area contributed by atoms with Crippen LogP contribution in [0, 0.1) is 5.92 Å². The van der Waals surface area contributed by atoms with E-state index in [0.717, 1.165) is 4.80 Å². The van der Waals surface area contributed by atoms with Crippen molar-refractivity contribution in [2.75, 3.05) is 0 Å². The number of primary amides is 1. The number of hydrogen-bond donors (Lipinski definition) is 1. The molecular weight excluding hydrogens is 304 g/mol. The van der Waals surface area contributed by atoms with Crippen molar-refractivity contribution in [3.05, 3.63) is 11.4 Å². The Morgan fingerprint density at radius 2 is 1.95 bits per heavy atom. The maximum atomic E-state index is 13.1. The topological polar surface area (TPSA) is 73.8 Å². The average molecular weight is 322 g/mol. The summed E-state index contributed by atoms with van der Waals surface area (Å²) >= 11 is 0. The van der Waals surface area contributed by atoms with E-state index < -0.39 is 24.7 Å². The van der Waals surface area contributed by atoms with Crippen molar-refractivity contribution in [1.82, 2.24) is 15.0 Å². The number of aryl methyl sites for hydroxylation is 1. The fourth-order valence-electron chi connectivity index (χ4n) is 2.60. The minimum Gasteiger partial charge on any atom is -0.364 e. The van der Waals surface area contributed by atoms with Crippen LogP contribution in [0.1, 0.15) is 48.3 Å². The number of aromatic nitrogens is 3. The van der Waals surface area contributed by atoms with Crippen LogP contribution in [-0.4, -0.2) is 33.2 Å². The Kier molecular flexibility index (Phi) is 5.02. The van der Waals surface area contributed by atoms with Crippen molar-refractivity contribution < 1.29 is 22.4 Å². The third-order valence-corrected chi connectivity index (χ3v) is 3.82. The summed E-state index contributed by atoms with van der Waals surface area (Å²) in [5.41, 5.74) is 5.45. The fourth-order valence-corrected chi connectivity index (χ4v) is 2.60. The summed E-state index contributed by atoms with van der Waals surface area (Å²) in [6.07, 6.45) is -2.34. The lowest BCUT2D eigenvalue weighted by Gasteiger charge is -2.27. The first kappa shape index (κ1) is 16.7. The molecule has 0 aliphatic heterocycles. The number of rotatable bonds is 6. The maximum absolute atomic E-state index is 13.1. The summed E-state index contributed by atoms with van der Waals surface area (Å²) in [5, 5.41) is 7.84. The molecule has 0 radical (unpaired) electrons. The molecule has 2 rings (SSSR count). The number of nitrogens with zero attached hydrogens (tertiary/aromatic N) is 3. The lowest BCUT2D eigenvalue weighted by molar-refractivity contribution is -0.0457. The van der Waals surface area contributed by atoms with E-state index in [1.807, 2.05) is 0 Å². The van der Waals surface area contributed by atoms with Crippen molar-refractivity contribution in [3.8, 4) is 0 Å². The van der Waals surface area contributed by atoms with Crippen molar-refractivity contribution in [3.63, 3.8) is 0 Å². The highest BCUT2D eigenvalue weighted by molar-refractivity contribution is 5.91. The van der Waals surface area contributed by atoms with Crippen LogP contribution in [0.2, 0.25) is 0 Å². The molecule has 0 atom stereocenters. The number of hydrogen-bond acceptors (Lipinski definition) is 3. The van der Waals surface area contributed by atoms with E-state index in [0.29, 0.717) is 25.0 Å². The van der Waals surface area contributed by atoms with Crippen LogP contribution < -0.4 is 5.73 Å². The Hall–Kier alpha value is -1.67. The molecule has 0 spiro atoms. The van der Waals surface area contributed by atoms with Gasteiger partial charge >= 0.3 is 0 Å². The molecule has 0 saturated heterocycles. The molecule has 1 heterocycles. The van der Waals surface area contributed by atoms with Gasteiger partial charge in [0.05, 0.1) is 12.2 Å². The molecule has 1 aliphatic carbocycles. The van der Waals surface area contributed by atoms with Gasteiger partial charge in [-0.2, -0.15) is 9.90 Å². The van der Waals surface area contributed by atoms with Crippen LogP contribution in [-0.2, 0) is 13.0 Å². The van der Waals surface area contributed by atoms with Gasteiger partial charge in [-0.3, -0.25) is 4.79 Å². The molecule has 1 fully saturated rings. The molecule has 0 aromatic carbocycles. The fraction of sp³-hybridized carbons (Fsp3) is 0.769. The largest absolute Gasteiger partial charge is 0.364 e. The van der Waals surface area contributed by atoms with Gasteiger partial charge in [0.1, 0.15) is 0 Å². The SMILES string of the molecule is NC(=O)c1nn(CCC(F)F)nc1CC1CCC(F)(F)CC1. The van der Waals surface area contributed by atoms with E-state index in [9.17, 15) is 22.4 Å². The number of amides is 1. The van der Waals surface area contributed by atoms with E-state index in [4.69, 9.17) is 5.73 Å². The van der Waals surface area contributed by atoms with Crippen LogP contribution >= 0.6 is 0 Å². The normalized spacial score (nSPS) is 18.8. The molecule has 2 N–H and O–H groups in total. The number of halogens is 4. The van der Waals surface area contributed by atoms with Crippen LogP contribution in [0.3, 0.4) is 0 Å². The van der Waals surface area contributed by atoms with Crippen LogP contribution in [0.25, 0.3) is 0 Å². The highest BCUT2D eigenvalue weighted by Crippen LogP contribution is 2.37.